The van der Waals surface area contributed by atoms with Crippen molar-refractivity contribution in [2.45, 2.75) is 39.3 Å². The number of aromatic amines is 1. The normalized spacial score (nSPS) is 11.8. The molecule has 0 bridgehead atoms. The Hall–Kier alpha value is -3.41. The molecule has 0 spiro atoms. The van der Waals surface area contributed by atoms with E-state index < -0.39 is 8.07 Å². The van der Waals surface area contributed by atoms with Crippen LogP contribution in [0.15, 0.2) is 36.5 Å². The van der Waals surface area contributed by atoms with Gasteiger partial charge < -0.3 is 14.5 Å². The van der Waals surface area contributed by atoms with Crippen LogP contribution in [0.1, 0.15) is 27.3 Å². The van der Waals surface area contributed by atoms with Crippen molar-refractivity contribution in [2.75, 3.05) is 13.7 Å². The molecule has 0 radical (unpaired) electrons. The molecule has 0 aliphatic carbocycles. The summed E-state index contributed by atoms with van der Waals surface area (Å²) in [6.07, 6.45) is 1.82. The number of aryl methyl sites for hydroxylation is 1. The van der Waals surface area contributed by atoms with Gasteiger partial charge in [0.05, 0.1) is 35.3 Å². The van der Waals surface area contributed by atoms with Crippen molar-refractivity contribution in [1.82, 2.24) is 14.5 Å². The number of carbonyl (C=O) groups is 1. The molecular formula is C25H28N4O3Si. The highest BCUT2D eigenvalue weighted by Crippen LogP contribution is 2.33. The molecule has 2 aromatic heterocycles. The van der Waals surface area contributed by atoms with Crippen molar-refractivity contribution >= 4 is 35.8 Å². The second-order valence-electron chi connectivity index (χ2n) is 9.39. The average molecular weight is 461 g/mol. The lowest BCUT2D eigenvalue weighted by Gasteiger charge is -2.16. The van der Waals surface area contributed by atoms with Crippen LogP contribution in [0.4, 0.5) is 0 Å². The molecule has 0 unspecified atom stereocenters. The van der Waals surface area contributed by atoms with Crippen LogP contribution < -0.4 is 4.74 Å². The second kappa shape index (κ2) is 8.85. The van der Waals surface area contributed by atoms with Gasteiger partial charge in [0.15, 0.2) is 5.82 Å². The molecule has 0 aliphatic heterocycles. The van der Waals surface area contributed by atoms with E-state index in [4.69, 9.17) is 9.47 Å². The zero-order valence-electron chi connectivity index (χ0n) is 19.7. The molecule has 1 N–H and O–H groups in total. The molecule has 4 aromatic rings. The standard InChI is InChI=1S/C25H28N4O3Si/c1-16-12-21(31-2)22(18-8-9-27-23(16)18)24(30)25-28-19-13-17(14-26)6-7-20(19)29(25)15-32-10-11-33(3,4)5/h6-9,12-13,27H,10-11,15H2,1-5H3. The molecule has 2 heterocycles. The van der Waals surface area contributed by atoms with E-state index in [9.17, 15) is 10.1 Å². The van der Waals surface area contributed by atoms with Gasteiger partial charge in [0.1, 0.15) is 12.5 Å². The smallest absolute Gasteiger partial charge is 0.232 e. The third kappa shape index (κ3) is 4.42. The number of imidazole rings is 1. The van der Waals surface area contributed by atoms with Crippen LogP contribution in [0.3, 0.4) is 0 Å². The molecule has 0 amide bonds. The van der Waals surface area contributed by atoms with Crippen LogP contribution in [0, 0.1) is 18.3 Å². The molecule has 0 saturated heterocycles. The highest BCUT2D eigenvalue weighted by molar-refractivity contribution is 6.76. The SMILES string of the molecule is COc1cc(C)c2[nH]ccc2c1C(=O)c1nc2cc(C#N)ccc2n1COCC[Si](C)(C)C. The molecule has 170 valence electrons. The summed E-state index contributed by atoms with van der Waals surface area (Å²) in [5.41, 5.74) is 4.17. The predicted octanol–water partition coefficient (Wildman–Crippen LogP) is 5.25. The van der Waals surface area contributed by atoms with Gasteiger partial charge in [-0.1, -0.05) is 19.6 Å². The summed E-state index contributed by atoms with van der Waals surface area (Å²) in [4.78, 5) is 21.7. The average Bonchev–Trinajstić information content (AvgIpc) is 3.40. The minimum atomic E-state index is -1.25. The van der Waals surface area contributed by atoms with Crippen LogP contribution in [-0.2, 0) is 11.5 Å². The number of aromatic nitrogens is 3. The lowest BCUT2D eigenvalue weighted by atomic mass is 10.0. The number of carbonyl (C=O) groups excluding carboxylic acids is 1. The van der Waals surface area contributed by atoms with Gasteiger partial charge in [0, 0.05) is 31.8 Å². The van der Waals surface area contributed by atoms with E-state index >= 15 is 0 Å². The Balaban J connectivity index is 1.82. The number of nitrogens with zero attached hydrogens (tertiary/aromatic N) is 3. The highest BCUT2D eigenvalue weighted by atomic mass is 28.3. The maximum Gasteiger partial charge on any atom is 0.232 e. The van der Waals surface area contributed by atoms with E-state index in [0.29, 0.717) is 29.0 Å². The quantitative estimate of drug-likeness (QED) is 0.220. The largest absolute Gasteiger partial charge is 0.496 e. The fraction of sp³-hybridized carbons (Fsp3) is 0.320. The van der Waals surface area contributed by atoms with Crippen LogP contribution >= 0.6 is 0 Å². The molecule has 4 rings (SSSR count). The molecule has 33 heavy (non-hydrogen) atoms. The predicted molar refractivity (Wildman–Crippen MR) is 132 cm³/mol. The van der Waals surface area contributed by atoms with Gasteiger partial charge in [-0.3, -0.25) is 9.36 Å². The molecule has 0 atom stereocenters. The van der Waals surface area contributed by atoms with E-state index in [-0.39, 0.29) is 18.3 Å². The first-order valence-electron chi connectivity index (χ1n) is 10.9. The molecule has 0 saturated carbocycles. The number of nitrogens with one attached hydrogen (secondary N) is 1. The van der Waals surface area contributed by atoms with Crippen molar-refractivity contribution in [2.24, 2.45) is 0 Å². The summed E-state index contributed by atoms with van der Waals surface area (Å²) in [5, 5.41) is 10.1. The van der Waals surface area contributed by atoms with Gasteiger partial charge in [-0.15, -0.1) is 0 Å². The Kier molecular flexibility index (Phi) is 6.10. The van der Waals surface area contributed by atoms with Crippen LogP contribution in [0.2, 0.25) is 25.7 Å². The third-order valence-corrected chi connectivity index (χ3v) is 7.45. The summed E-state index contributed by atoms with van der Waals surface area (Å²) < 4.78 is 13.4. The van der Waals surface area contributed by atoms with Crippen molar-refractivity contribution in [3.05, 3.63) is 59.0 Å². The number of rotatable bonds is 8. The molecule has 0 aliphatic rings. The second-order valence-corrected chi connectivity index (χ2v) is 15.0. The monoisotopic (exact) mass is 460 g/mol. The Morgan fingerprint density at radius 1 is 1.24 bits per heavy atom. The minimum absolute atomic E-state index is 0.207. The molecular weight excluding hydrogens is 432 g/mol. The van der Waals surface area contributed by atoms with Crippen molar-refractivity contribution in [3.63, 3.8) is 0 Å². The number of ketones is 1. The summed E-state index contributed by atoms with van der Waals surface area (Å²) in [6, 6.07) is 12.1. The Morgan fingerprint density at radius 2 is 2.03 bits per heavy atom. The topological polar surface area (TPSA) is 92.9 Å². The van der Waals surface area contributed by atoms with E-state index in [2.05, 4.69) is 35.7 Å². The Morgan fingerprint density at radius 3 is 2.73 bits per heavy atom. The summed E-state index contributed by atoms with van der Waals surface area (Å²) in [5.74, 6) is 0.512. The molecule has 0 fully saturated rings. The first-order valence-corrected chi connectivity index (χ1v) is 14.6. The number of hydrogen-bond donors (Lipinski definition) is 1. The Labute approximate surface area is 194 Å². The van der Waals surface area contributed by atoms with Gasteiger partial charge in [-0.2, -0.15) is 5.26 Å². The third-order valence-electron chi connectivity index (χ3n) is 5.75. The van der Waals surface area contributed by atoms with Crippen LogP contribution in [0.5, 0.6) is 5.75 Å². The lowest BCUT2D eigenvalue weighted by Crippen LogP contribution is -2.22. The summed E-state index contributed by atoms with van der Waals surface area (Å²) >= 11 is 0. The number of nitriles is 1. The maximum atomic E-state index is 13.9. The summed E-state index contributed by atoms with van der Waals surface area (Å²) in [6.45, 7) is 9.70. The lowest BCUT2D eigenvalue weighted by molar-refractivity contribution is 0.0834. The highest BCUT2D eigenvalue weighted by Gasteiger charge is 2.26. The number of ether oxygens (including phenoxy) is 2. The van der Waals surface area contributed by atoms with E-state index in [1.54, 1.807) is 23.8 Å². The number of hydrogen-bond acceptors (Lipinski definition) is 5. The number of fused-ring (bicyclic) bond motifs is 2. The zero-order chi connectivity index (χ0) is 23.8. The molecule has 8 heteroatoms. The van der Waals surface area contributed by atoms with Crippen molar-refractivity contribution in [3.8, 4) is 11.8 Å². The minimum Gasteiger partial charge on any atom is -0.496 e. The first kappa shape index (κ1) is 22.8. The van der Waals surface area contributed by atoms with E-state index in [1.165, 1.54) is 0 Å². The zero-order valence-corrected chi connectivity index (χ0v) is 20.7. The maximum absolute atomic E-state index is 13.9. The summed E-state index contributed by atoms with van der Waals surface area (Å²) in [7, 11) is 0.314. The van der Waals surface area contributed by atoms with E-state index in [0.717, 1.165) is 28.0 Å². The van der Waals surface area contributed by atoms with Crippen molar-refractivity contribution in [1.29, 1.82) is 5.26 Å². The van der Waals surface area contributed by atoms with Gasteiger partial charge >= 0.3 is 0 Å². The van der Waals surface area contributed by atoms with E-state index in [1.807, 2.05) is 31.3 Å². The van der Waals surface area contributed by atoms with Crippen molar-refractivity contribution < 1.29 is 14.3 Å². The fourth-order valence-corrected chi connectivity index (χ4v) is 4.68. The van der Waals surface area contributed by atoms with Crippen LogP contribution in [0.25, 0.3) is 21.9 Å². The number of benzene rings is 2. The van der Waals surface area contributed by atoms with Gasteiger partial charge in [0.25, 0.3) is 0 Å². The fourth-order valence-electron chi connectivity index (χ4n) is 3.92. The number of methoxy groups -OCH3 is 1. The van der Waals surface area contributed by atoms with Crippen LogP contribution in [-0.4, -0.2) is 42.1 Å². The molecule has 2 aromatic carbocycles. The van der Waals surface area contributed by atoms with Gasteiger partial charge in [-0.05, 0) is 48.9 Å². The Bertz CT molecular complexity index is 1390. The van der Waals surface area contributed by atoms with Gasteiger partial charge in [0.2, 0.25) is 5.78 Å². The number of H-pyrrole nitrogens is 1. The first-order chi connectivity index (χ1) is 15.7. The molecule has 7 nitrogen and oxygen atoms in total. The van der Waals surface area contributed by atoms with Gasteiger partial charge in [-0.25, -0.2) is 4.98 Å².